The maximum atomic E-state index is 11.8. The summed E-state index contributed by atoms with van der Waals surface area (Å²) in [5.74, 6) is 0.746. The summed E-state index contributed by atoms with van der Waals surface area (Å²) in [7, 11) is 3.47. The van der Waals surface area contributed by atoms with Crippen molar-refractivity contribution in [1.29, 1.82) is 0 Å². The Bertz CT molecular complexity index is 451. The van der Waals surface area contributed by atoms with E-state index in [0.29, 0.717) is 18.3 Å². The van der Waals surface area contributed by atoms with E-state index in [1.807, 2.05) is 6.07 Å². The van der Waals surface area contributed by atoms with E-state index in [4.69, 9.17) is 4.74 Å². The van der Waals surface area contributed by atoms with Crippen LogP contribution in [0, 0.1) is 0 Å². The lowest BCUT2D eigenvalue weighted by molar-refractivity contribution is 0.0501. The number of carbonyl (C=O) groups is 1. The lowest BCUT2D eigenvalue weighted by Gasteiger charge is -2.15. The molecule has 122 valence electrons. The fraction of sp³-hybridized carbons (Fsp3) is 0.647. The summed E-state index contributed by atoms with van der Waals surface area (Å²) < 4.78 is 5.93. The molecule has 1 aromatic heterocycles. The van der Waals surface area contributed by atoms with Crippen molar-refractivity contribution in [1.82, 2.24) is 9.88 Å². The SMILES string of the molecule is CN(C)C(=O)c1ccc(NCCOC2CCCCCC2)nc1. The third kappa shape index (κ3) is 5.30. The summed E-state index contributed by atoms with van der Waals surface area (Å²) in [5, 5.41) is 3.23. The fourth-order valence-corrected chi connectivity index (χ4v) is 2.70. The quantitative estimate of drug-likeness (QED) is 0.648. The summed E-state index contributed by atoms with van der Waals surface area (Å²) in [6, 6.07) is 3.63. The van der Waals surface area contributed by atoms with Crippen molar-refractivity contribution < 1.29 is 9.53 Å². The van der Waals surface area contributed by atoms with Crippen LogP contribution in [-0.2, 0) is 4.74 Å². The van der Waals surface area contributed by atoms with E-state index < -0.39 is 0 Å². The molecule has 2 rings (SSSR count). The second-order valence-corrected chi connectivity index (χ2v) is 6.04. The summed E-state index contributed by atoms with van der Waals surface area (Å²) >= 11 is 0. The first-order chi connectivity index (χ1) is 10.7. The van der Waals surface area contributed by atoms with Gasteiger partial charge in [-0.1, -0.05) is 25.7 Å². The highest BCUT2D eigenvalue weighted by molar-refractivity contribution is 5.93. The van der Waals surface area contributed by atoms with Crippen LogP contribution in [-0.4, -0.2) is 49.1 Å². The van der Waals surface area contributed by atoms with Gasteiger partial charge in [-0.3, -0.25) is 4.79 Å². The summed E-state index contributed by atoms with van der Waals surface area (Å²) in [6.45, 7) is 1.44. The first-order valence-electron chi connectivity index (χ1n) is 8.20. The molecule has 1 N–H and O–H groups in total. The molecule has 0 spiro atoms. The van der Waals surface area contributed by atoms with Crippen molar-refractivity contribution in [2.75, 3.05) is 32.6 Å². The number of nitrogens with one attached hydrogen (secondary N) is 1. The number of amides is 1. The number of hydrogen-bond acceptors (Lipinski definition) is 4. The van der Waals surface area contributed by atoms with Gasteiger partial charge < -0.3 is 15.0 Å². The molecule has 0 aromatic carbocycles. The highest BCUT2D eigenvalue weighted by atomic mass is 16.5. The first-order valence-corrected chi connectivity index (χ1v) is 8.20. The lowest BCUT2D eigenvalue weighted by Crippen LogP contribution is -2.22. The Morgan fingerprint density at radius 3 is 2.59 bits per heavy atom. The normalized spacial score (nSPS) is 16.1. The number of rotatable bonds is 6. The van der Waals surface area contributed by atoms with Gasteiger partial charge in [0.15, 0.2) is 0 Å². The first kappa shape index (κ1) is 16.7. The number of nitrogens with zero attached hydrogens (tertiary/aromatic N) is 2. The van der Waals surface area contributed by atoms with Crippen LogP contribution in [0.25, 0.3) is 0 Å². The number of anilines is 1. The molecule has 0 aliphatic heterocycles. The van der Waals surface area contributed by atoms with Crippen molar-refractivity contribution in [3.63, 3.8) is 0 Å². The molecule has 1 heterocycles. The zero-order valence-corrected chi connectivity index (χ0v) is 13.7. The summed E-state index contributed by atoms with van der Waals surface area (Å²) in [5.41, 5.74) is 0.602. The predicted octanol–water partition coefficient (Wildman–Crippen LogP) is 2.93. The molecule has 5 heteroatoms. The van der Waals surface area contributed by atoms with Gasteiger partial charge in [0.1, 0.15) is 5.82 Å². The zero-order valence-electron chi connectivity index (χ0n) is 13.7. The number of aromatic nitrogens is 1. The number of ether oxygens (including phenoxy) is 1. The number of hydrogen-bond donors (Lipinski definition) is 1. The molecule has 1 saturated carbocycles. The Kier molecular flexibility index (Phi) is 6.65. The van der Waals surface area contributed by atoms with Crippen LogP contribution >= 0.6 is 0 Å². The van der Waals surface area contributed by atoms with Crippen molar-refractivity contribution in [2.45, 2.75) is 44.6 Å². The van der Waals surface area contributed by atoms with E-state index >= 15 is 0 Å². The van der Waals surface area contributed by atoms with Crippen LogP contribution in [0.5, 0.6) is 0 Å². The maximum absolute atomic E-state index is 11.8. The zero-order chi connectivity index (χ0) is 15.8. The van der Waals surface area contributed by atoms with E-state index in [1.165, 1.54) is 38.5 Å². The number of pyridine rings is 1. The highest BCUT2D eigenvalue weighted by Gasteiger charge is 2.12. The molecular formula is C17H27N3O2. The molecule has 0 bridgehead atoms. The van der Waals surface area contributed by atoms with Crippen LogP contribution in [0.1, 0.15) is 48.9 Å². The van der Waals surface area contributed by atoms with Crippen LogP contribution < -0.4 is 5.32 Å². The van der Waals surface area contributed by atoms with Gasteiger partial charge in [-0.25, -0.2) is 4.98 Å². The van der Waals surface area contributed by atoms with Crippen LogP contribution in [0.4, 0.5) is 5.82 Å². The van der Waals surface area contributed by atoms with Crippen LogP contribution in [0.2, 0.25) is 0 Å². The van der Waals surface area contributed by atoms with Crippen molar-refractivity contribution in [2.24, 2.45) is 0 Å². The monoisotopic (exact) mass is 305 g/mol. The minimum absolute atomic E-state index is 0.0317. The minimum Gasteiger partial charge on any atom is -0.376 e. The Hall–Kier alpha value is -1.62. The molecule has 1 amide bonds. The average Bonchev–Trinajstić information content (AvgIpc) is 2.80. The lowest BCUT2D eigenvalue weighted by atomic mass is 10.1. The topological polar surface area (TPSA) is 54.5 Å². The molecular weight excluding hydrogens is 278 g/mol. The van der Waals surface area contributed by atoms with E-state index in [2.05, 4.69) is 10.3 Å². The number of carbonyl (C=O) groups excluding carboxylic acids is 1. The molecule has 22 heavy (non-hydrogen) atoms. The standard InChI is InChI=1S/C17H27N3O2/c1-20(2)17(21)14-9-10-16(19-13-14)18-11-12-22-15-7-5-3-4-6-8-15/h9-10,13,15H,3-8,11-12H2,1-2H3,(H,18,19). The highest BCUT2D eigenvalue weighted by Crippen LogP contribution is 2.19. The largest absolute Gasteiger partial charge is 0.376 e. The van der Waals surface area contributed by atoms with Crippen LogP contribution in [0.15, 0.2) is 18.3 Å². The molecule has 1 aliphatic rings. The second kappa shape index (κ2) is 8.73. The van der Waals surface area contributed by atoms with Gasteiger partial charge in [0, 0.05) is 26.8 Å². The molecule has 1 aromatic rings. The minimum atomic E-state index is -0.0317. The average molecular weight is 305 g/mol. The van der Waals surface area contributed by atoms with Gasteiger partial charge in [-0.2, -0.15) is 0 Å². The molecule has 1 aliphatic carbocycles. The molecule has 1 fully saturated rings. The Morgan fingerprint density at radius 1 is 1.27 bits per heavy atom. The van der Waals surface area contributed by atoms with Gasteiger partial charge in [-0.05, 0) is 25.0 Å². The Balaban J connectivity index is 1.69. The smallest absolute Gasteiger partial charge is 0.254 e. The van der Waals surface area contributed by atoms with Gasteiger partial charge in [0.25, 0.3) is 5.91 Å². The van der Waals surface area contributed by atoms with E-state index in [9.17, 15) is 4.79 Å². The molecule has 0 unspecified atom stereocenters. The predicted molar refractivity (Wildman–Crippen MR) is 88.2 cm³/mol. The second-order valence-electron chi connectivity index (χ2n) is 6.04. The van der Waals surface area contributed by atoms with E-state index in [0.717, 1.165) is 12.4 Å². The van der Waals surface area contributed by atoms with Crippen molar-refractivity contribution in [3.8, 4) is 0 Å². The molecule has 0 atom stereocenters. The third-order valence-electron chi connectivity index (χ3n) is 3.98. The Morgan fingerprint density at radius 2 is 2.00 bits per heavy atom. The third-order valence-corrected chi connectivity index (χ3v) is 3.98. The van der Waals surface area contributed by atoms with Gasteiger partial charge >= 0.3 is 0 Å². The summed E-state index contributed by atoms with van der Waals surface area (Å²) in [4.78, 5) is 17.6. The molecule has 0 radical (unpaired) electrons. The molecule has 0 saturated heterocycles. The van der Waals surface area contributed by atoms with Crippen LogP contribution in [0.3, 0.4) is 0 Å². The van der Waals surface area contributed by atoms with Gasteiger partial charge in [-0.15, -0.1) is 0 Å². The fourth-order valence-electron chi connectivity index (χ4n) is 2.70. The van der Waals surface area contributed by atoms with Gasteiger partial charge in [0.2, 0.25) is 0 Å². The van der Waals surface area contributed by atoms with E-state index in [-0.39, 0.29) is 5.91 Å². The summed E-state index contributed by atoms with van der Waals surface area (Å²) in [6.07, 6.45) is 9.70. The molecule has 5 nitrogen and oxygen atoms in total. The van der Waals surface area contributed by atoms with Crippen molar-refractivity contribution in [3.05, 3.63) is 23.9 Å². The van der Waals surface area contributed by atoms with Crippen molar-refractivity contribution >= 4 is 11.7 Å². The Labute approximate surface area is 133 Å². The maximum Gasteiger partial charge on any atom is 0.254 e. The van der Waals surface area contributed by atoms with E-state index in [1.54, 1.807) is 31.3 Å². The van der Waals surface area contributed by atoms with Gasteiger partial charge in [0.05, 0.1) is 18.3 Å².